The molecule has 0 N–H and O–H groups in total. The normalized spacial score (nSPS) is 31.8. The summed E-state index contributed by atoms with van der Waals surface area (Å²) >= 11 is 0. The van der Waals surface area contributed by atoms with Crippen LogP contribution in [0.4, 0.5) is 0 Å². The Morgan fingerprint density at radius 3 is 2.65 bits per heavy atom. The fraction of sp³-hybridized carbons (Fsp3) is 0.760. The van der Waals surface area contributed by atoms with Crippen LogP contribution in [0.25, 0.3) is 0 Å². The molecular formula is C25H38N2O4. The summed E-state index contributed by atoms with van der Waals surface area (Å²) in [5.74, 6) is 3.36. The van der Waals surface area contributed by atoms with Crippen LogP contribution in [0.1, 0.15) is 57.2 Å². The first-order chi connectivity index (χ1) is 15.0. The lowest BCUT2D eigenvalue weighted by Gasteiger charge is -2.55. The van der Waals surface area contributed by atoms with E-state index in [9.17, 15) is 4.79 Å². The monoisotopic (exact) mass is 430 g/mol. The smallest absolute Gasteiger partial charge is 0.259 e. The molecule has 172 valence electrons. The summed E-state index contributed by atoms with van der Waals surface area (Å²) in [5.41, 5.74) is 1.30. The van der Waals surface area contributed by atoms with Crippen molar-refractivity contribution < 1.29 is 19.0 Å². The summed E-state index contributed by atoms with van der Waals surface area (Å²) in [4.78, 5) is 19.6. The molecule has 3 aliphatic rings. The summed E-state index contributed by atoms with van der Waals surface area (Å²) in [6.45, 7) is 4.71. The van der Waals surface area contributed by atoms with Crippen LogP contribution < -0.4 is 0 Å². The fourth-order valence-electron chi connectivity index (χ4n) is 5.83. The van der Waals surface area contributed by atoms with Crippen molar-refractivity contribution in [2.24, 2.45) is 23.7 Å². The van der Waals surface area contributed by atoms with Gasteiger partial charge in [0.1, 0.15) is 13.5 Å². The number of aryl methyl sites for hydroxylation is 1. The topological polar surface area (TPSA) is 60.9 Å². The van der Waals surface area contributed by atoms with Crippen LogP contribution in [-0.2, 0) is 31.8 Å². The van der Waals surface area contributed by atoms with Gasteiger partial charge in [-0.2, -0.15) is 0 Å². The number of ether oxygens (including phenoxy) is 3. The molecule has 2 heterocycles. The molecule has 0 bridgehead atoms. The van der Waals surface area contributed by atoms with Crippen LogP contribution in [0, 0.1) is 23.7 Å². The molecule has 5 atom stereocenters. The molecule has 1 aromatic heterocycles. The van der Waals surface area contributed by atoms with E-state index in [0.717, 1.165) is 36.3 Å². The highest BCUT2D eigenvalue weighted by Crippen LogP contribution is 2.55. The van der Waals surface area contributed by atoms with Gasteiger partial charge in [-0.15, -0.1) is 0 Å². The molecule has 6 nitrogen and oxygen atoms in total. The van der Waals surface area contributed by atoms with Crippen LogP contribution >= 0.6 is 0 Å². The molecule has 1 amide bonds. The Bertz CT molecular complexity index is 760. The first-order valence-electron chi connectivity index (χ1n) is 11.8. The standard InChI is InChI=1S/C25H38N2O4/c1-17(2)9-23-25(31-16-30-4,24(28)27(23)15-29-3)14-22-12-18(7-8-26-22)5-6-19-10-20-13-21(20)11-19/h7-8,12,17,19-21,23H,5-6,9-11,13-16H2,1-4H3/t19?,20-,21+,23-,25+/m0/s1. The average molecular weight is 431 g/mol. The molecule has 1 unspecified atom stereocenters. The third-order valence-corrected chi connectivity index (χ3v) is 7.44. The van der Waals surface area contributed by atoms with Crippen molar-refractivity contribution in [3.05, 3.63) is 29.6 Å². The highest BCUT2D eigenvalue weighted by molar-refractivity contribution is 5.93. The lowest BCUT2D eigenvalue weighted by atomic mass is 9.74. The molecule has 1 aliphatic heterocycles. The number of hydrogen-bond acceptors (Lipinski definition) is 5. The molecule has 1 aromatic rings. The Balaban J connectivity index is 1.47. The van der Waals surface area contributed by atoms with Gasteiger partial charge in [0, 0.05) is 32.5 Å². The molecule has 2 aliphatic carbocycles. The van der Waals surface area contributed by atoms with E-state index in [1.54, 1.807) is 19.1 Å². The van der Waals surface area contributed by atoms with E-state index >= 15 is 0 Å². The molecule has 6 heteroatoms. The van der Waals surface area contributed by atoms with Gasteiger partial charge in [-0.25, -0.2) is 0 Å². The van der Waals surface area contributed by atoms with Crippen molar-refractivity contribution in [2.75, 3.05) is 27.7 Å². The molecule has 0 radical (unpaired) electrons. The Morgan fingerprint density at radius 2 is 1.97 bits per heavy atom. The molecule has 31 heavy (non-hydrogen) atoms. The van der Waals surface area contributed by atoms with E-state index in [0.29, 0.717) is 12.3 Å². The molecule has 2 saturated carbocycles. The van der Waals surface area contributed by atoms with Gasteiger partial charge in [-0.1, -0.05) is 13.8 Å². The maximum atomic E-state index is 13.2. The van der Waals surface area contributed by atoms with Gasteiger partial charge in [0.25, 0.3) is 5.91 Å². The molecule has 1 saturated heterocycles. The van der Waals surface area contributed by atoms with E-state index in [-0.39, 0.29) is 25.5 Å². The average Bonchev–Trinajstić information content (AvgIpc) is 3.37. The fourth-order valence-corrected chi connectivity index (χ4v) is 5.83. The summed E-state index contributed by atoms with van der Waals surface area (Å²) < 4.78 is 16.6. The van der Waals surface area contributed by atoms with E-state index in [2.05, 4.69) is 31.0 Å². The van der Waals surface area contributed by atoms with Crippen LogP contribution in [0.3, 0.4) is 0 Å². The number of aromatic nitrogens is 1. The maximum Gasteiger partial charge on any atom is 0.259 e. The third kappa shape index (κ3) is 4.81. The minimum absolute atomic E-state index is 0.0329. The van der Waals surface area contributed by atoms with Crippen molar-refractivity contribution in [3.8, 4) is 0 Å². The van der Waals surface area contributed by atoms with Crippen molar-refractivity contribution in [2.45, 2.75) is 70.4 Å². The van der Waals surface area contributed by atoms with Crippen molar-refractivity contribution in [3.63, 3.8) is 0 Å². The van der Waals surface area contributed by atoms with Gasteiger partial charge in [0.2, 0.25) is 0 Å². The van der Waals surface area contributed by atoms with Gasteiger partial charge in [-0.3, -0.25) is 9.78 Å². The quantitative estimate of drug-likeness (QED) is 0.373. The summed E-state index contributed by atoms with van der Waals surface area (Å²) in [5, 5.41) is 0. The number of nitrogens with zero attached hydrogens (tertiary/aromatic N) is 2. The minimum Gasteiger partial charge on any atom is -0.364 e. The third-order valence-electron chi connectivity index (χ3n) is 7.44. The number of rotatable bonds is 12. The zero-order valence-electron chi connectivity index (χ0n) is 19.5. The number of carbonyl (C=O) groups excluding carboxylic acids is 1. The Kier molecular flexibility index (Phi) is 6.99. The highest BCUT2D eigenvalue weighted by atomic mass is 16.7. The Morgan fingerprint density at radius 1 is 1.19 bits per heavy atom. The van der Waals surface area contributed by atoms with Gasteiger partial charge in [0.15, 0.2) is 5.60 Å². The zero-order chi connectivity index (χ0) is 22.0. The SMILES string of the molecule is COCO[C@@]1(Cc2cc(CCC3C[C@@H]4C[C@@H]4C3)ccn2)C(=O)N(COC)[C@H]1CC(C)C. The lowest BCUT2D eigenvalue weighted by molar-refractivity contribution is -0.235. The minimum atomic E-state index is -0.933. The van der Waals surface area contributed by atoms with Crippen LogP contribution in [-0.4, -0.2) is 55.2 Å². The first kappa shape index (κ1) is 22.7. The van der Waals surface area contributed by atoms with Gasteiger partial charge in [-0.05, 0) is 79.9 Å². The highest BCUT2D eigenvalue weighted by Gasteiger charge is 2.62. The van der Waals surface area contributed by atoms with E-state index < -0.39 is 5.60 Å². The number of carbonyl (C=O) groups is 1. The number of pyridine rings is 1. The van der Waals surface area contributed by atoms with E-state index in [1.807, 2.05) is 6.20 Å². The van der Waals surface area contributed by atoms with E-state index in [1.165, 1.54) is 31.2 Å². The first-order valence-corrected chi connectivity index (χ1v) is 11.8. The molecule has 4 rings (SSSR count). The molecule has 3 fully saturated rings. The molecular weight excluding hydrogens is 392 g/mol. The Labute approximate surface area is 186 Å². The Hall–Kier alpha value is -1.50. The van der Waals surface area contributed by atoms with E-state index in [4.69, 9.17) is 14.2 Å². The summed E-state index contributed by atoms with van der Waals surface area (Å²) in [6.07, 6.45) is 9.88. The van der Waals surface area contributed by atoms with Gasteiger partial charge in [0.05, 0.1) is 6.04 Å². The van der Waals surface area contributed by atoms with Crippen LogP contribution in [0.15, 0.2) is 18.3 Å². The number of amides is 1. The van der Waals surface area contributed by atoms with Crippen molar-refractivity contribution in [1.29, 1.82) is 0 Å². The number of β-lactam (4-membered cyclic amide) rings is 1. The number of hydrogen-bond donors (Lipinski definition) is 0. The summed E-state index contributed by atoms with van der Waals surface area (Å²) in [7, 11) is 3.21. The number of methoxy groups -OCH3 is 2. The van der Waals surface area contributed by atoms with Crippen LogP contribution in [0.5, 0.6) is 0 Å². The maximum absolute atomic E-state index is 13.2. The van der Waals surface area contributed by atoms with Crippen molar-refractivity contribution >= 4 is 5.91 Å². The number of fused-ring (bicyclic) bond motifs is 1. The van der Waals surface area contributed by atoms with Gasteiger partial charge < -0.3 is 19.1 Å². The second-order valence-electron chi connectivity index (χ2n) is 10.2. The largest absolute Gasteiger partial charge is 0.364 e. The second kappa shape index (κ2) is 9.55. The van der Waals surface area contributed by atoms with Crippen molar-refractivity contribution in [1.82, 2.24) is 9.88 Å². The summed E-state index contributed by atoms with van der Waals surface area (Å²) in [6, 6.07) is 4.24. The number of likely N-dealkylation sites (tertiary alicyclic amines) is 1. The zero-order valence-corrected chi connectivity index (χ0v) is 19.5. The lowest BCUT2D eigenvalue weighted by Crippen LogP contribution is -2.76. The van der Waals surface area contributed by atoms with Gasteiger partial charge >= 0.3 is 0 Å². The predicted octanol–water partition coefficient (Wildman–Crippen LogP) is 3.82. The van der Waals surface area contributed by atoms with Crippen LogP contribution in [0.2, 0.25) is 0 Å². The predicted molar refractivity (Wildman–Crippen MR) is 118 cm³/mol. The second-order valence-corrected chi connectivity index (χ2v) is 10.2. The molecule has 0 aromatic carbocycles. The molecule has 0 spiro atoms.